The molecular weight excluding hydrogens is 219 g/mol. The molecule has 2 nitrogen and oxygen atoms in total. The third-order valence-corrected chi connectivity index (χ3v) is 2.85. The van der Waals surface area contributed by atoms with E-state index in [-0.39, 0.29) is 19.3 Å². The molecule has 0 unspecified atom stereocenters. The molecule has 1 aliphatic rings. The molecule has 1 fully saturated rings. The van der Waals surface area contributed by atoms with Gasteiger partial charge < -0.3 is 5.32 Å². The van der Waals surface area contributed by atoms with Crippen LogP contribution in [0.2, 0.25) is 0 Å². The van der Waals surface area contributed by atoms with E-state index in [2.05, 4.69) is 13.2 Å². The fourth-order valence-corrected chi connectivity index (χ4v) is 2.03. The van der Waals surface area contributed by atoms with Crippen molar-refractivity contribution in [1.82, 2.24) is 5.32 Å². The molecule has 0 aromatic heterocycles. The molecule has 1 saturated heterocycles. The molecule has 1 atom stereocenters. The Labute approximate surface area is 92.2 Å². The van der Waals surface area contributed by atoms with Crippen LogP contribution < -0.4 is 5.32 Å². The number of amides is 1. The highest BCUT2D eigenvalue weighted by Gasteiger charge is 2.54. The van der Waals surface area contributed by atoms with E-state index in [4.69, 9.17) is 0 Å². The second-order valence-electron chi connectivity index (χ2n) is 4.04. The van der Waals surface area contributed by atoms with Crippen molar-refractivity contribution in [3.05, 3.63) is 25.3 Å². The summed E-state index contributed by atoms with van der Waals surface area (Å²) in [7, 11) is 0. The molecule has 1 rings (SSSR count). The highest BCUT2D eigenvalue weighted by atomic mass is 19.4. The third-order valence-electron chi connectivity index (χ3n) is 2.85. The lowest BCUT2D eigenvalue weighted by Crippen LogP contribution is -2.39. The van der Waals surface area contributed by atoms with Crippen molar-refractivity contribution in [2.75, 3.05) is 0 Å². The maximum absolute atomic E-state index is 12.5. The molecule has 0 aromatic rings. The molecule has 16 heavy (non-hydrogen) atoms. The van der Waals surface area contributed by atoms with Crippen molar-refractivity contribution in [2.45, 2.75) is 31.5 Å². The number of carbonyl (C=O) groups is 1. The average molecular weight is 233 g/mol. The van der Waals surface area contributed by atoms with Gasteiger partial charge in [-0.2, -0.15) is 13.2 Å². The number of halogens is 3. The minimum absolute atomic E-state index is 0.234. The maximum atomic E-state index is 12.5. The molecule has 0 aliphatic carbocycles. The highest BCUT2D eigenvalue weighted by molar-refractivity contribution is 5.85. The van der Waals surface area contributed by atoms with Gasteiger partial charge in [-0.05, 0) is 19.3 Å². The molecule has 0 aromatic carbocycles. The molecule has 0 radical (unpaired) electrons. The molecule has 90 valence electrons. The quantitative estimate of drug-likeness (QED) is 0.743. The van der Waals surface area contributed by atoms with Crippen LogP contribution in [-0.2, 0) is 4.79 Å². The maximum Gasteiger partial charge on any atom is 0.408 e. The van der Waals surface area contributed by atoms with Gasteiger partial charge in [0.2, 0.25) is 5.91 Å². The first-order chi connectivity index (χ1) is 7.35. The van der Waals surface area contributed by atoms with Gasteiger partial charge in [-0.1, -0.05) is 12.2 Å². The Morgan fingerprint density at radius 1 is 1.38 bits per heavy atom. The first-order valence-corrected chi connectivity index (χ1v) is 4.95. The topological polar surface area (TPSA) is 29.1 Å². The fourth-order valence-electron chi connectivity index (χ4n) is 2.03. The number of hydrogen-bond acceptors (Lipinski definition) is 1. The van der Waals surface area contributed by atoms with Gasteiger partial charge in [0.25, 0.3) is 0 Å². The van der Waals surface area contributed by atoms with E-state index in [1.165, 1.54) is 12.2 Å². The van der Waals surface area contributed by atoms with Crippen LogP contribution in [0, 0.1) is 5.41 Å². The Balaban J connectivity index is 2.91. The van der Waals surface area contributed by atoms with Crippen LogP contribution in [0.15, 0.2) is 25.3 Å². The van der Waals surface area contributed by atoms with Gasteiger partial charge in [-0.3, -0.25) is 4.79 Å². The van der Waals surface area contributed by atoms with Crippen LogP contribution in [0.3, 0.4) is 0 Å². The molecular formula is C11H14F3NO. The van der Waals surface area contributed by atoms with Crippen LogP contribution in [0.5, 0.6) is 0 Å². The zero-order valence-electron chi connectivity index (χ0n) is 8.81. The fraction of sp³-hybridized carbons (Fsp3) is 0.545. The summed E-state index contributed by atoms with van der Waals surface area (Å²) in [6.45, 7) is 6.96. The van der Waals surface area contributed by atoms with Crippen LogP contribution in [0.1, 0.15) is 19.3 Å². The summed E-state index contributed by atoms with van der Waals surface area (Å²) in [5.74, 6) is -0.561. The molecule has 1 amide bonds. The predicted octanol–water partition coefficient (Wildman–Crippen LogP) is 2.58. The zero-order valence-corrected chi connectivity index (χ0v) is 8.81. The summed E-state index contributed by atoms with van der Waals surface area (Å²) in [5, 5.41) is 1.99. The molecule has 0 saturated carbocycles. The van der Waals surface area contributed by atoms with Gasteiger partial charge in [0.1, 0.15) is 6.04 Å². The Morgan fingerprint density at radius 3 is 2.19 bits per heavy atom. The number of hydrogen-bond donors (Lipinski definition) is 1. The zero-order chi connectivity index (χ0) is 12.4. The minimum Gasteiger partial charge on any atom is -0.344 e. The average Bonchev–Trinajstić information content (AvgIpc) is 2.45. The molecule has 1 heterocycles. The largest absolute Gasteiger partial charge is 0.408 e. The second kappa shape index (κ2) is 4.31. The Morgan fingerprint density at radius 2 is 1.88 bits per heavy atom. The van der Waals surface area contributed by atoms with Crippen LogP contribution in [0.25, 0.3) is 0 Å². The van der Waals surface area contributed by atoms with E-state index >= 15 is 0 Å². The summed E-state index contributed by atoms with van der Waals surface area (Å²) in [6.07, 6.45) is -1.22. The lowest BCUT2D eigenvalue weighted by molar-refractivity contribution is -0.155. The van der Waals surface area contributed by atoms with E-state index in [0.717, 1.165) is 0 Å². The van der Waals surface area contributed by atoms with Gasteiger partial charge in [0.15, 0.2) is 0 Å². The van der Waals surface area contributed by atoms with E-state index in [1.54, 1.807) is 0 Å². The van der Waals surface area contributed by atoms with E-state index in [1.807, 2.05) is 5.32 Å². The third kappa shape index (κ3) is 2.28. The van der Waals surface area contributed by atoms with Crippen molar-refractivity contribution in [3.63, 3.8) is 0 Å². The number of nitrogens with one attached hydrogen (secondary N) is 1. The number of allylic oxidation sites excluding steroid dienone is 2. The normalized spacial score (nSPS) is 23.9. The first kappa shape index (κ1) is 12.8. The minimum atomic E-state index is -4.39. The van der Waals surface area contributed by atoms with Crippen molar-refractivity contribution < 1.29 is 18.0 Å². The van der Waals surface area contributed by atoms with Crippen molar-refractivity contribution >= 4 is 5.91 Å². The summed E-state index contributed by atoms with van der Waals surface area (Å²) in [4.78, 5) is 11.6. The van der Waals surface area contributed by atoms with Crippen molar-refractivity contribution in [3.8, 4) is 0 Å². The molecule has 1 N–H and O–H groups in total. The summed E-state index contributed by atoms with van der Waals surface area (Å²) >= 11 is 0. The van der Waals surface area contributed by atoms with Crippen LogP contribution in [0.4, 0.5) is 13.2 Å². The van der Waals surface area contributed by atoms with Gasteiger partial charge in [0, 0.05) is 0 Å². The first-order valence-electron chi connectivity index (χ1n) is 4.95. The number of rotatable bonds is 4. The van der Waals surface area contributed by atoms with E-state index in [9.17, 15) is 18.0 Å². The Bertz CT molecular complexity index is 299. The smallest absolute Gasteiger partial charge is 0.344 e. The van der Waals surface area contributed by atoms with Crippen LogP contribution >= 0.6 is 0 Å². The lowest BCUT2D eigenvalue weighted by Gasteiger charge is -2.23. The highest BCUT2D eigenvalue weighted by Crippen LogP contribution is 2.42. The predicted molar refractivity (Wildman–Crippen MR) is 54.7 cm³/mol. The van der Waals surface area contributed by atoms with Gasteiger partial charge in [-0.15, -0.1) is 13.2 Å². The van der Waals surface area contributed by atoms with Crippen molar-refractivity contribution in [2.24, 2.45) is 5.41 Å². The summed E-state index contributed by atoms with van der Waals surface area (Å²) < 4.78 is 37.5. The monoisotopic (exact) mass is 233 g/mol. The van der Waals surface area contributed by atoms with E-state index in [0.29, 0.717) is 0 Å². The molecule has 5 heteroatoms. The van der Waals surface area contributed by atoms with Crippen molar-refractivity contribution in [1.29, 1.82) is 0 Å². The Hall–Kier alpha value is -1.26. The SMILES string of the molecule is C=CCC1(CC=C)C[C@@H](C(F)(F)F)NC1=O. The van der Waals surface area contributed by atoms with Gasteiger partial charge in [0.05, 0.1) is 5.41 Å². The van der Waals surface area contributed by atoms with Gasteiger partial charge >= 0.3 is 6.18 Å². The molecule has 0 spiro atoms. The number of carbonyl (C=O) groups excluding carboxylic acids is 1. The Kier molecular flexibility index (Phi) is 3.45. The second-order valence-corrected chi connectivity index (χ2v) is 4.04. The molecule has 0 bridgehead atoms. The molecule has 1 aliphatic heterocycles. The summed E-state index contributed by atoms with van der Waals surface area (Å²) in [6, 6.07) is -1.75. The standard InChI is InChI=1S/C11H14F3NO/c1-3-5-10(6-4-2)7-8(11(12,13)14)15-9(10)16/h3-4,8H,1-2,5-7H2,(H,15,16)/t8-/m0/s1. The van der Waals surface area contributed by atoms with Gasteiger partial charge in [-0.25, -0.2) is 0 Å². The lowest BCUT2D eigenvalue weighted by atomic mass is 9.78. The van der Waals surface area contributed by atoms with Crippen LogP contribution in [-0.4, -0.2) is 18.1 Å². The summed E-state index contributed by atoms with van der Waals surface area (Å²) in [5.41, 5.74) is -1.02. The van der Waals surface area contributed by atoms with E-state index < -0.39 is 23.5 Å². The number of alkyl halides is 3.